The maximum atomic E-state index is 5.20. The van der Waals surface area contributed by atoms with Gasteiger partial charge < -0.3 is 21.7 Å². The van der Waals surface area contributed by atoms with E-state index in [0.29, 0.717) is 0 Å². The molecule has 0 saturated heterocycles. The first kappa shape index (κ1) is 11.7. The summed E-state index contributed by atoms with van der Waals surface area (Å²) in [6, 6.07) is 9.99. The largest absolute Gasteiger partial charge is 1.00 e. The minimum Gasteiger partial charge on any atom is -1.00 e. The van der Waals surface area contributed by atoms with E-state index in [2.05, 4.69) is 4.98 Å². The number of hydrogen-bond acceptors (Lipinski definition) is 2. The van der Waals surface area contributed by atoms with Crippen molar-refractivity contribution in [2.45, 2.75) is 0 Å². The minimum atomic E-state index is 0. The number of nitrogens with zero attached hydrogens (tertiary/aromatic N) is 2. The first-order chi connectivity index (χ1) is 6.92. The van der Waals surface area contributed by atoms with E-state index >= 15 is 0 Å². The number of ether oxygens (including phenoxy) is 1. The molecule has 4 heteroatoms. The first-order valence-corrected chi connectivity index (χ1v) is 4.37. The lowest BCUT2D eigenvalue weighted by molar-refractivity contribution is -0.603. The fourth-order valence-electron chi connectivity index (χ4n) is 1.30. The molecule has 0 saturated carbocycles. The van der Waals surface area contributed by atoms with Gasteiger partial charge in [0.1, 0.15) is 6.20 Å². The van der Waals surface area contributed by atoms with Crippen LogP contribution in [-0.4, -0.2) is 12.1 Å². The van der Waals surface area contributed by atoms with Gasteiger partial charge >= 0.3 is 5.88 Å². The van der Waals surface area contributed by atoms with Gasteiger partial charge in [0.25, 0.3) is 0 Å². The smallest absolute Gasteiger partial charge is 0.392 e. The number of benzene rings is 1. The number of hydrogen-bond donors (Lipinski definition) is 0. The second kappa shape index (κ2) is 5.46. The summed E-state index contributed by atoms with van der Waals surface area (Å²) in [5.74, 6) is 0.721. The number of para-hydroxylation sites is 1. The van der Waals surface area contributed by atoms with E-state index in [0.717, 1.165) is 11.6 Å². The van der Waals surface area contributed by atoms with Crippen molar-refractivity contribution < 1.29 is 26.3 Å². The van der Waals surface area contributed by atoms with Gasteiger partial charge in [-0.1, -0.05) is 18.2 Å². The minimum absolute atomic E-state index is 0. The Bertz CT molecular complexity index is 420. The van der Waals surface area contributed by atoms with E-state index in [4.69, 9.17) is 4.74 Å². The molecule has 1 aromatic carbocycles. The Morgan fingerprint density at radius 3 is 2.60 bits per heavy atom. The second-order valence-corrected chi connectivity index (χ2v) is 2.82. The van der Waals surface area contributed by atoms with Crippen molar-refractivity contribution in [3.8, 4) is 11.6 Å². The van der Waals surface area contributed by atoms with Gasteiger partial charge in [-0.2, -0.15) is 0 Å². The van der Waals surface area contributed by atoms with Crippen molar-refractivity contribution in [2.24, 2.45) is 0 Å². The lowest BCUT2D eigenvalue weighted by Crippen LogP contribution is -3.00. The average molecular weight is 267 g/mol. The maximum absolute atomic E-state index is 5.20. The summed E-state index contributed by atoms with van der Waals surface area (Å²) in [4.78, 5) is 4.00. The molecule has 0 aliphatic carbocycles. The predicted octanol–water partition coefficient (Wildman–Crippen LogP) is -1.63. The number of rotatable bonds is 2. The van der Waals surface area contributed by atoms with Gasteiger partial charge in [-0.25, -0.2) is 4.98 Å². The Morgan fingerprint density at radius 1 is 1.20 bits per heavy atom. The second-order valence-electron chi connectivity index (χ2n) is 2.82. The highest BCUT2D eigenvalue weighted by atomic mass is 79.9. The van der Waals surface area contributed by atoms with E-state index in [1.807, 2.05) is 41.1 Å². The molecule has 0 atom stereocenters. The maximum Gasteiger partial charge on any atom is 0.392 e. The summed E-state index contributed by atoms with van der Waals surface area (Å²) >= 11 is 0. The highest BCUT2D eigenvalue weighted by Gasteiger charge is 2.12. The van der Waals surface area contributed by atoms with Gasteiger partial charge in [0.15, 0.2) is 6.20 Å². The number of methoxy groups -OCH3 is 1. The van der Waals surface area contributed by atoms with Gasteiger partial charge in [-0.15, -0.1) is 4.57 Å². The van der Waals surface area contributed by atoms with E-state index in [9.17, 15) is 0 Å². The third-order valence-corrected chi connectivity index (χ3v) is 1.97. The molecular weight excluding hydrogens is 256 g/mol. The Balaban J connectivity index is 0.00000112. The van der Waals surface area contributed by atoms with Crippen LogP contribution in [-0.2, 0) is 0 Å². The Hall–Kier alpha value is -1.42. The number of halogens is 1. The molecule has 0 N–H and O–H groups in total. The van der Waals surface area contributed by atoms with Gasteiger partial charge in [0, 0.05) is 12.1 Å². The summed E-state index contributed by atoms with van der Waals surface area (Å²) in [5, 5.41) is 0. The standard InChI is InChI=1S/C11H11N2O.BrH/c1-14-11-9-12-7-8-13(11)10-5-3-2-4-6-10;/h2-9H,1H3;1H/q+1;/p-1. The molecule has 0 unspecified atom stereocenters. The lowest BCUT2D eigenvalue weighted by Gasteiger charge is -1.99. The zero-order valence-corrected chi connectivity index (χ0v) is 9.89. The number of aromatic nitrogens is 2. The normalized spacial score (nSPS) is 9.13. The van der Waals surface area contributed by atoms with Crippen molar-refractivity contribution in [3.63, 3.8) is 0 Å². The van der Waals surface area contributed by atoms with Crippen LogP contribution in [0.1, 0.15) is 0 Å². The summed E-state index contributed by atoms with van der Waals surface area (Å²) in [6.07, 6.45) is 5.29. The SMILES string of the molecule is COc1cncc[n+]1-c1ccccc1.[Br-]. The molecule has 3 nitrogen and oxygen atoms in total. The summed E-state index contributed by atoms with van der Waals surface area (Å²) < 4.78 is 7.14. The first-order valence-electron chi connectivity index (χ1n) is 4.37. The molecule has 0 amide bonds. The summed E-state index contributed by atoms with van der Waals surface area (Å²) in [5.41, 5.74) is 1.06. The monoisotopic (exact) mass is 266 g/mol. The van der Waals surface area contributed by atoms with Gasteiger partial charge in [-0.05, 0) is 0 Å². The van der Waals surface area contributed by atoms with E-state index in [1.165, 1.54) is 0 Å². The van der Waals surface area contributed by atoms with Gasteiger partial charge in [0.05, 0.1) is 13.3 Å². The van der Waals surface area contributed by atoms with E-state index in [1.54, 1.807) is 19.5 Å². The fraction of sp³-hybridized carbons (Fsp3) is 0.0909. The molecule has 1 aromatic heterocycles. The van der Waals surface area contributed by atoms with Crippen molar-refractivity contribution >= 4 is 0 Å². The highest BCUT2D eigenvalue weighted by molar-refractivity contribution is 5.22. The molecule has 0 spiro atoms. The summed E-state index contributed by atoms with van der Waals surface area (Å²) in [7, 11) is 1.64. The zero-order valence-electron chi connectivity index (χ0n) is 8.30. The van der Waals surface area contributed by atoms with Crippen molar-refractivity contribution in [1.82, 2.24) is 4.98 Å². The molecule has 0 fully saturated rings. The summed E-state index contributed by atoms with van der Waals surface area (Å²) in [6.45, 7) is 0. The van der Waals surface area contributed by atoms with Crippen LogP contribution >= 0.6 is 0 Å². The Morgan fingerprint density at radius 2 is 1.93 bits per heavy atom. The zero-order chi connectivity index (χ0) is 9.80. The van der Waals surface area contributed by atoms with Crippen molar-refractivity contribution in [3.05, 3.63) is 48.9 Å². The van der Waals surface area contributed by atoms with Crippen LogP contribution in [0.4, 0.5) is 0 Å². The van der Waals surface area contributed by atoms with Crippen LogP contribution in [0.2, 0.25) is 0 Å². The van der Waals surface area contributed by atoms with Crippen LogP contribution < -0.4 is 26.3 Å². The van der Waals surface area contributed by atoms with Crippen LogP contribution in [0, 0.1) is 0 Å². The van der Waals surface area contributed by atoms with Crippen LogP contribution in [0.15, 0.2) is 48.9 Å². The Kier molecular flexibility index (Phi) is 4.24. The van der Waals surface area contributed by atoms with Gasteiger partial charge in [0.2, 0.25) is 5.69 Å². The molecule has 2 aromatic rings. The van der Waals surface area contributed by atoms with E-state index in [-0.39, 0.29) is 17.0 Å². The molecular formula is C11H11BrN2O. The van der Waals surface area contributed by atoms with Crippen LogP contribution in [0.25, 0.3) is 5.69 Å². The topological polar surface area (TPSA) is 26.0 Å². The van der Waals surface area contributed by atoms with Crippen molar-refractivity contribution in [2.75, 3.05) is 7.11 Å². The van der Waals surface area contributed by atoms with Crippen molar-refractivity contribution in [1.29, 1.82) is 0 Å². The van der Waals surface area contributed by atoms with Crippen LogP contribution in [0.3, 0.4) is 0 Å². The van der Waals surface area contributed by atoms with Crippen LogP contribution in [0.5, 0.6) is 5.88 Å². The van der Waals surface area contributed by atoms with Gasteiger partial charge in [-0.3, -0.25) is 0 Å². The molecule has 0 aliphatic rings. The highest BCUT2D eigenvalue weighted by Crippen LogP contribution is 2.04. The Labute approximate surface area is 99.1 Å². The molecule has 15 heavy (non-hydrogen) atoms. The quantitative estimate of drug-likeness (QED) is 0.611. The third-order valence-electron chi connectivity index (χ3n) is 1.97. The fourth-order valence-corrected chi connectivity index (χ4v) is 1.30. The molecule has 1 heterocycles. The molecule has 2 rings (SSSR count). The third kappa shape index (κ3) is 2.53. The average Bonchev–Trinajstić information content (AvgIpc) is 2.30. The van der Waals surface area contributed by atoms with E-state index < -0.39 is 0 Å². The molecule has 78 valence electrons. The molecule has 0 aliphatic heterocycles. The molecule has 0 bridgehead atoms. The lowest BCUT2D eigenvalue weighted by atomic mass is 10.3. The molecule has 0 radical (unpaired) electrons. The predicted molar refractivity (Wildman–Crippen MR) is 52.3 cm³/mol.